The van der Waals surface area contributed by atoms with Gasteiger partial charge in [-0.1, -0.05) is 12.1 Å². The van der Waals surface area contributed by atoms with E-state index in [1.54, 1.807) is 30.0 Å². The molecule has 7 heteroatoms. The zero-order valence-corrected chi connectivity index (χ0v) is 16.6. The first-order valence-corrected chi connectivity index (χ1v) is 11.0. The molecule has 2 aromatic carbocycles. The molecule has 28 heavy (non-hydrogen) atoms. The van der Waals surface area contributed by atoms with Crippen LogP contribution in [-0.2, 0) is 22.9 Å². The minimum absolute atomic E-state index is 0.236. The minimum Gasteiger partial charge on any atom is -0.336 e. The molecule has 148 valence electrons. The van der Waals surface area contributed by atoms with Crippen LogP contribution in [0.25, 0.3) is 0 Å². The molecule has 1 aliphatic carbocycles. The summed E-state index contributed by atoms with van der Waals surface area (Å²) in [5.74, 6) is -0.710. The van der Waals surface area contributed by atoms with Crippen LogP contribution in [0.3, 0.4) is 0 Å². The van der Waals surface area contributed by atoms with Crippen molar-refractivity contribution < 1.29 is 17.6 Å². The lowest BCUT2D eigenvalue weighted by molar-refractivity contribution is 0.0696. The quantitative estimate of drug-likeness (QED) is 0.793. The third kappa shape index (κ3) is 3.44. The largest absolute Gasteiger partial charge is 0.336 e. The molecule has 1 aliphatic heterocycles. The fourth-order valence-electron chi connectivity index (χ4n) is 3.98. The number of amides is 1. The van der Waals surface area contributed by atoms with E-state index in [1.807, 2.05) is 6.07 Å². The number of aryl methyl sites for hydroxylation is 3. The maximum Gasteiger partial charge on any atom is 0.254 e. The minimum atomic E-state index is -3.58. The first-order chi connectivity index (χ1) is 13.4. The highest BCUT2D eigenvalue weighted by atomic mass is 32.2. The summed E-state index contributed by atoms with van der Waals surface area (Å²) < 4.78 is 41.0. The van der Waals surface area contributed by atoms with Crippen LogP contribution in [-0.4, -0.2) is 49.7 Å². The monoisotopic (exact) mass is 402 g/mol. The molecule has 1 heterocycles. The number of hydrogen-bond donors (Lipinski definition) is 0. The molecule has 0 atom stereocenters. The summed E-state index contributed by atoms with van der Waals surface area (Å²) in [6.07, 6.45) is 3.00. The predicted molar refractivity (Wildman–Crippen MR) is 104 cm³/mol. The zero-order chi connectivity index (χ0) is 19.9. The van der Waals surface area contributed by atoms with E-state index in [9.17, 15) is 17.6 Å². The molecule has 1 fully saturated rings. The molecular weight excluding hydrogens is 379 g/mol. The van der Waals surface area contributed by atoms with Crippen LogP contribution in [0.15, 0.2) is 41.3 Å². The van der Waals surface area contributed by atoms with Crippen LogP contribution < -0.4 is 0 Å². The van der Waals surface area contributed by atoms with Gasteiger partial charge in [-0.2, -0.15) is 4.31 Å². The lowest BCUT2D eigenvalue weighted by Gasteiger charge is -2.34. The summed E-state index contributed by atoms with van der Waals surface area (Å²) in [7, 11) is -3.58. The van der Waals surface area contributed by atoms with Gasteiger partial charge in [0.1, 0.15) is 5.82 Å². The van der Waals surface area contributed by atoms with E-state index in [1.165, 1.54) is 22.0 Å². The molecule has 0 unspecified atom stereocenters. The normalized spacial score (nSPS) is 17.6. The van der Waals surface area contributed by atoms with Gasteiger partial charge in [0.05, 0.1) is 4.90 Å². The number of nitrogens with zero attached hydrogens (tertiary/aromatic N) is 2. The van der Waals surface area contributed by atoms with Gasteiger partial charge in [-0.15, -0.1) is 0 Å². The number of fused-ring (bicyclic) bond motifs is 1. The maximum atomic E-state index is 13.5. The summed E-state index contributed by atoms with van der Waals surface area (Å²) in [4.78, 5) is 14.6. The summed E-state index contributed by atoms with van der Waals surface area (Å²) in [6, 6.07) is 9.55. The summed E-state index contributed by atoms with van der Waals surface area (Å²) in [5.41, 5.74) is 3.39. The van der Waals surface area contributed by atoms with Gasteiger partial charge in [0, 0.05) is 31.7 Å². The molecule has 4 rings (SSSR count). The lowest BCUT2D eigenvalue weighted by atomic mass is 10.1. The molecule has 0 bridgehead atoms. The average Bonchev–Trinajstić information content (AvgIpc) is 3.17. The van der Waals surface area contributed by atoms with Gasteiger partial charge in [-0.3, -0.25) is 4.79 Å². The predicted octanol–water partition coefficient (Wildman–Crippen LogP) is 2.77. The number of piperazine rings is 1. The molecular formula is C21H23FN2O3S. The van der Waals surface area contributed by atoms with E-state index in [2.05, 4.69) is 0 Å². The first kappa shape index (κ1) is 19.1. The average molecular weight is 402 g/mol. The molecule has 2 aliphatic rings. The van der Waals surface area contributed by atoms with Crippen LogP contribution in [0.4, 0.5) is 4.39 Å². The number of sulfonamides is 1. The van der Waals surface area contributed by atoms with Gasteiger partial charge in [0.2, 0.25) is 10.0 Å². The van der Waals surface area contributed by atoms with Crippen molar-refractivity contribution in [1.82, 2.24) is 9.21 Å². The van der Waals surface area contributed by atoms with E-state index < -0.39 is 15.8 Å². The molecule has 0 aromatic heterocycles. The van der Waals surface area contributed by atoms with E-state index in [0.29, 0.717) is 29.1 Å². The van der Waals surface area contributed by atoms with Crippen molar-refractivity contribution in [2.45, 2.75) is 31.1 Å². The second-order valence-corrected chi connectivity index (χ2v) is 9.38. The topological polar surface area (TPSA) is 57.7 Å². The van der Waals surface area contributed by atoms with Crippen LogP contribution in [0.1, 0.15) is 33.5 Å². The first-order valence-electron chi connectivity index (χ1n) is 9.53. The number of carbonyl (C=O) groups excluding carboxylic acids is 1. The molecule has 2 aromatic rings. The summed E-state index contributed by atoms with van der Waals surface area (Å²) >= 11 is 0. The maximum absolute atomic E-state index is 13.5. The molecule has 0 saturated carbocycles. The third-order valence-electron chi connectivity index (χ3n) is 5.66. The van der Waals surface area contributed by atoms with Gasteiger partial charge in [0.15, 0.2) is 0 Å². The zero-order valence-electron chi connectivity index (χ0n) is 15.8. The van der Waals surface area contributed by atoms with Crippen molar-refractivity contribution in [2.24, 2.45) is 0 Å². The molecule has 0 spiro atoms. The van der Waals surface area contributed by atoms with Crippen molar-refractivity contribution in [3.05, 3.63) is 64.5 Å². The van der Waals surface area contributed by atoms with Crippen molar-refractivity contribution >= 4 is 15.9 Å². The fourth-order valence-corrected chi connectivity index (χ4v) is 5.46. The Hall–Kier alpha value is -2.25. The van der Waals surface area contributed by atoms with Gasteiger partial charge in [0.25, 0.3) is 5.91 Å². The van der Waals surface area contributed by atoms with Crippen LogP contribution >= 0.6 is 0 Å². The highest BCUT2D eigenvalue weighted by molar-refractivity contribution is 7.89. The van der Waals surface area contributed by atoms with Gasteiger partial charge < -0.3 is 4.90 Å². The van der Waals surface area contributed by atoms with Gasteiger partial charge >= 0.3 is 0 Å². The highest BCUT2D eigenvalue weighted by Gasteiger charge is 2.31. The van der Waals surface area contributed by atoms with Crippen LogP contribution in [0.2, 0.25) is 0 Å². The molecule has 0 N–H and O–H groups in total. The summed E-state index contributed by atoms with van der Waals surface area (Å²) in [5, 5.41) is 0. The number of rotatable bonds is 3. The third-order valence-corrected chi connectivity index (χ3v) is 7.56. The van der Waals surface area contributed by atoms with E-state index >= 15 is 0 Å². The number of benzene rings is 2. The van der Waals surface area contributed by atoms with Crippen molar-refractivity contribution in [1.29, 1.82) is 0 Å². The Labute approximate surface area is 164 Å². The molecule has 1 saturated heterocycles. The van der Waals surface area contributed by atoms with E-state index in [4.69, 9.17) is 0 Å². The lowest BCUT2D eigenvalue weighted by Crippen LogP contribution is -2.50. The molecule has 0 radical (unpaired) electrons. The Kier molecular flexibility index (Phi) is 4.97. The number of hydrogen-bond acceptors (Lipinski definition) is 3. The second-order valence-electron chi connectivity index (χ2n) is 7.44. The van der Waals surface area contributed by atoms with E-state index in [0.717, 1.165) is 24.8 Å². The van der Waals surface area contributed by atoms with Crippen molar-refractivity contribution in [3.63, 3.8) is 0 Å². The van der Waals surface area contributed by atoms with Gasteiger partial charge in [-0.25, -0.2) is 12.8 Å². The van der Waals surface area contributed by atoms with Crippen LogP contribution in [0.5, 0.6) is 0 Å². The Bertz CT molecular complexity index is 1030. The molecule has 5 nitrogen and oxygen atoms in total. The Morgan fingerprint density at radius 1 is 0.964 bits per heavy atom. The SMILES string of the molecule is Cc1ccc(F)cc1C(=O)N1CCN(S(=O)(=O)c2ccc3c(c2)CCC3)CC1. The Morgan fingerprint density at radius 3 is 2.43 bits per heavy atom. The smallest absolute Gasteiger partial charge is 0.254 e. The standard InChI is InChI=1S/C21H23FN2O3S/c1-15-5-7-18(22)14-20(15)21(25)23-9-11-24(12-10-23)28(26,27)19-8-6-16-3-2-4-17(16)13-19/h5-8,13-14H,2-4,9-12H2,1H3. The van der Waals surface area contributed by atoms with Crippen LogP contribution in [0, 0.1) is 12.7 Å². The highest BCUT2D eigenvalue weighted by Crippen LogP contribution is 2.27. The van der Waals surface area contributed by atoms with Gasteiger partial charge in [-0.05, 0) is 67.1 Å². The second kappa shape index (κ2) is 7.29. The molecule has 1 amide bonds. The Balaban J connectivity index is 1.47. The van der Waals surface area contributed by atoms with Crippen molar-refractivity contribution in [3.8, 4) is 0 Å². The fraction of sp³-hybridized carbons (Fsp3) is 0.381. The van der Waals surface area contributed by atoms with E-state index in [-0.39, 0.29) is 19.0 Å². The number of halogens is 1. The number of carbonyl (C=O) groups is 1. The summed E-state index contributed by atoms with van der Waals surface area (Å²) in [6.45, 7) is 2.82. The van der Waals surface area contributed by atoms with Crippen molar-refractivity contribution in [2.75, 3.05) is 26.2 Å². The Morgan fingerprint density at radius 2 is 1.68 bits per heavy atom.